The van der Waals surface area contributed by atoms with E-state index in [1.807, 2.05) is 4.57 Å². The molecule has 0 saturated carbocycles. The van der Waals surface area contributed by atoms with E-state index in [0.29, 0.717) is 11.6 Å². The highest BCUT2D eigenvalue weighted by atomic mass is 32.2. The van der Waals surface area contributed by atoms with Gasteiger partial charge >= 0.3 is 0 Å². The van der Waals surface area contributed by atoms with E-state index in [1.54, 1.807) is 0 Å². The summed E-state index contributed by atoms with van der Waals surface area (Å²) in [5.74, 6) is 1.66. The molecule has 28 heavy (non-hydrogen) atoms. The summed E-state index contributed by atoms with van der Waals surface area (Å²) in [6, 6.07) is 7.88. The molecule has 148 valence electrons. The molecule has 2 aromatic rings. The molecule has 0 unspecified atom stereocenters. The second-order valence-electron chi connectivity index (χ2n) is 7.01. The van der Waals surface area contributed by atoms with Gasteiger partial charge in [0.2, 0.25) is 17.0 Å². The van der Waals surface area contributed by atoms with Crippen LogP contribution in [-0.4, -0.2) is 56.4 Å². The van der Waals surface area contributed by atoms with Crippen molar-refractivity contribution < 1.29 is 9.59 Å². The normalized spacial score (nSPS) is 19.4. The second kappa shape index (κ2) is 8.57. The predicted molar refractivity (Wildman–Crippen MR) is 112 cm³/mol. The van der Waals surface area contributed by atoms with Crippen molar-refractivity contribution in [2.24, 2.45) is 0 Å². The molecule has 1 aromatic carbocycles. The third kappa shape index (κ3) is 4.20. The summed E-state index contributed by atoms with van der Waals surface area (Å²) in [7, 11) is 0. The summed E-state index contributed by atoms with van der Waals surface area (Å²) in [5.41, 5.74) is 2.18. The van der Waals surface area contributed by atoms with Crippen LogP contribution in [0, 0.1) is 6.92 Å². The molecule has 7 nitrogen and oxygen atoms in total. The summed E-state index contributed by atoms with van der Waals surface area (Å²) in [6.07, 6.45) is 3.01. The second-order valence-corrected chi connectivity index (χ2v) is 9.05. The molecule has 1 atom stereocenters. The molecule has 0 spiro atoms. The van der Waals surface area contributed by atoms with Gasteiger partial charge in [0.05, 0.1) is 17.5 Å². The van der Waals surface area contributed by atoms with Gasteiger partial charge in [0.15, 0.2) is 5.16 Å². The highest BCUT2D eigenvalue weighted by Gasteiger charge is 2.27. The van der Waals surface area contributed by atoms with Crippen LogP contribution in [0.15, 0.2) is 29.4 Å². The Balaban J connectivity index is 1.52. The van der Waals surface area contributed by atoms with Crippen molar-refractivity contribution in [2.45, 2.75) is 37.4 Å². The van der Waals surface area contributed by atoms with Crippen molar-refractivity contribution in [1.82, 2.24) is 20.1 Å². The molecule has 1 N–H and O–H groups in total. The van der Waals surface area contributed by atoms with Gasteiger partial charge in [-0.25, -0.2) is 0 Å². The number of benzene rings is 1. The molecule has 2 saturated heterocycles. The van der Waals surface area contributed by atoms with Gasteiger partial charge in [0, 0.05) is 18.8 Å². The Kier molecular flexibility index (Phi) is 5.91. The van der Waals surface area contributed by atoms with Crippen molar-refractivity contribution in [3.63, 3.8) is 0 Å². The zero-order chi connectivity index (χ0) is 19.5. The van der Waals surface area contributed by atoms with Gasteiger partial charge in [0.1, 0.15) is 0 Å². The largest absolute Gasteiger partial charge is 0.345 e. The zero-order valence-corrected chi connectivity index (χ0v) is 17.4. The number of anilines is 1. The molecular formula is C19H23N5O2S2. The fourth-order valence-corrected chi connectivity index (χ4v) is 5.08. The van der Waals surface area contributed by atoms with Gasteiger partial charge < -0.3 is 10.2 Å². The number of amides is 1. The molecule has 9 heteroatoms. The average Bonchev–Trinajstić information content (AvgIpc) is 3.42. The van der Waals surface area contributed by atoms with Crippen LogP contribution in [0.25, 0.3) is 5.69 Å². The first kappa shape index (κ1) is 19.3. The predicted octanol–water partition coefficient (Wildman–Crippen LogP) is 2.42. The van der Waals surface area contributed by atoms with Gasteiger partial charge in [-0.1, -0.05) is 41.2 Å². The van der Waals surface area contributed by atoms with E-state index < -0.39 is 0 Å². The van der Waals surface area contributed by atoms with Crippen LogP contribution < -0.4 is 10.2 Å². The molecule has 2 fully saturated rings. The minimum Gasteiger partial charge on any atom is -0.345 e. The first-order chi connectivity index (χ1) is 13.6. The number of rotatable bonds is 6. The van der Waals surface area contributed by atoms with E-state index in [2.05, 4.69) is 51.6 Å². The highest BCUT2D eigenvalue weighted by Crippen LogP contribution is 2.29. The third-order valence-corrected chi connectivity index (χ3v) is 6.84. The number of thioether (sulfide) groups is 2. The molecule has 3 heterocycles. The summed E-state index contributed by atoms with van der Waals surface area (Å²) in [6.45, 7) is 3.99. The summed E-state index contributed by atoms with van der Waals surface area (Å²) in [4.78, 5) is 26.3. The van der Waals surface area contributed by atoms with Gasteiger partial charge in [-0.2, -0.15) is 0 Å². The van der Waals surface area contributed by atoms with E-state index in [1.165, 1.54) is 29.1 Å². The minimum absolute atomic E-state index is 0.0532. The number of carbonyl (C=O) groups excluding carboxylic acids is 2. The smallest absolute Gasteiger partial charge is 0.232 e. The monoisotopic (exact) mass is 417 g/mol. The van der Waals surface area contributed by atoms with E-state index in [0.717, 1.165) is 43.3 Å². The maximum Gasteiger partial charge on any atom is 0.232 e. The first-order valence-electron chi connectivity index (χ1n) is 9.48. The van der Waals surface area contributed by atoms with E-state index >= 15 is 0 Å². The fourth-order valence-electron chi connectivity index (χ4n) is 3.39. The molecule has 1 amide bonds. The number of aryl methyl sites for hydroxylation is 1. The number of nitrogens with one attached hydrogen (secondary N) is 1. The van der Waals surface area contributed by atoms with Crippen molar-refractivity contribution in [3.05, 3.63) is 29.8 Å². The quantitative estimate of drug-likeness (QED) is 0.723. The standard InChI is InChI=1S/C19H23N5O2S2/c1-13-4-6-14(7-5-13)24-18(23-9-2-3-10-23)21-22-19(24)28-12-16(25)20-15-8-11-27-17(15)26/h4-7,15H,2-3,8-12H2,1H3,(H,20,25)/t15-/m1/s1. The maximum atomic E-state index is 12.3. The van der Waals surface area contributed by atoms with Crippen molar-refractivity contribution >= 4 is 40.5 Å². The van der Waals surface area contributed by atoms with Crippen LogP contribution in [0.3, 0.4) is 0 Å². The maximum absolute atomic E-state index is 12.3. The van der Waals surface area contributed by atoms with Crippen LogP contribution in [0.1, 0.15) is 24.8 Å². The van der Waals surface area contributed by atoms with E-state index in [4.69, 9.17) is 0 Å². The molecular weight excluding hydrogens is 394 g/mol. The number of hydrogen-bond acceptors (Lipinski definition) is 7. The average molecular weight is 418 g/mol. The Morgan fingerprint density at radius 3 is 2.68 bits per heavy atom. The summed E-state index contributed by atoms with van der Waals surface area (Å²) < 4.78 is 2.03. The molecule has 2 aliphatic heterocycles. The van der Waals surface area contributed by atoms with Crippen LogP contribution >= 0.6 is 23.5 Å². The Labute approximate surface area is 172 Å². The van der Waals surface area contributed by atoms with Crippen molar-refractivity contribution in [3.8, 4) is 5.69 Å². The lowest BCUT2D eigenvalue weighted by Gasteiger charge is -2.18. The van der Waals surface area contributed by atoms with Crippen LogP contribution in [-0.2, 0) is 9.59 Å². The fraction of sp³-hybridized carbons (Fsp3) is 0.474. The Morgan fingerprint density at radius 2 is 2.00 bits per heavy atom. The molecule has 0 radical (unpaired) electrons. The van der Waals surface area contributed by atoms with Gasteiger partial charge in [-0.15, -0.1) is 10.2 Å². The topological polar surface area (TPSA) is 80.1 Å². The molecule has 0 bridgehead atoms. The van der Waals surface area contributed by atoms with Gasteiger partial charge in [-0.05, 0) is 38.3 Å². The lowest BCUT2D eigenvalue weighted by molar-refractivity contribution is -0.122. The Morgan fingerprint density at radius 1 is 1.25 bits per heavy atom. The van der Waals surface area contributed by atoms with Crippen LogP contribution in [0.5, 0.6) is 0 Å². The summed E-state index contributed by atoms with van der Waals surface area (Å²) >= 11 is 2.64. The third-order valence-electron chi connectivity index (χ3n) is 4.90. The van der Waals surface area contributed by atoms with Crippen molar-refractivity contribution in [1.29, 1.82) is 0 Å². The molecule has 4 rings (SSSR count). The zero-order valence-electron chi connectivity index (χ0n) is 15.8. The Bertz CT molecular complexity index is 862. The number of carbonyl (C=O) groups is 2. The minimum atomic E-state index is -0.353. The molecule has 0 aliphatic carbocycles. The number of nitrogens with zero attached hydrogens (tertiary/aromatic N) is 4. The van der Waals surface area contributed by atoms with Gasteiger partial charge in [-0.3, -0.25) is 14.2 Å². The summed E-state index contributed by atoms with van der Waals surface area (Å²) in [5, 5.41) is 12.4. The van der Waals surface area contributed by atoms with Gasteiger partial charge in [0.25, 0.3) is 0 Å². The molecule has 1 aromatic heterocycles. The molecule has 2 aliphatic rings. The number of aromatic nitrogens is 3. The number of hydrogen-bond donors (Lipinski definition) is 1. The van der Waals surface area contributed by atoms with Crippen molar-refractivity contribution in [2.75, 3.05) is 29.5 Å². The van der Waals surface area contributed by atoms with E-state index in [9.17, 15) is 9.59 Å². The van der Waals surface area contributed by atoms with Crippen LogP contribution in [0.4, 0.5) is 5.95 Å². The first-order valence-corrected chi connectivity index (χ1v) is 11.4. The Hall–Kier alpha value is -2.00. The lowest BCUT2D eigenvalue weighted by Crippen LogP contribution is -2.38. The lowest BCUT2D eigenvalue weighted by atomic mass is 10.2. The van der Waals surface area contributed by atoms with E-state index in [-0.39, 0.29) is 22.8 Å². The highest BCUT2D eigenvalue weighted by molar-refractivity contribution is 8.14. The SMILES string of the molecule is Cc1ccc(-n2c(SCC(=O)N[C@@H]3CCSC3=O)nnc2N2CCCC2)cc1. The van der Waals surface area contributed by atoms with Crippen LogP contribution in [0.2, 0.25) is 0 Å².